The molecule has 1 aliphatic rings. The number of aryl methyl sites for hydroxylation is 2. The molecular weight excluding hydrogens is 445 g/mol. The molecule has 2 rings (SSSR count). The summed E-state index contributed by atoms with van der Waals surface area (Å²) in [5, 5.41) is 7.78. The summed E-state index contributed by atoms with van der Waals surface area (Å²) in [5.74, 6) is 0.995. The van der Waals surface area contributed by atoms with E-state index in [1.54, 1.807) is 7.11 Å². The Hall–Kier alpha value is -0.870. The van der Waals surface area contributed by atoms with Crippen LogP contribution in [0.15, 0.2) is 17.4 Å². The number of halogens is 1. The maximum atomic E-state index is 5.92. The molecule has 26 heavy (non-hydrogen) atoms. The first-order chi connectivity index (χ1) is 12.2. The summed E-state index contributed by atoms with van der Waals surface area (Å²) in [5.41, 5.74) is 1.20. The highest BCUT2D eigenvalue weighted by Crippen LogP contribution is 2.14. The van der Waals surface area contributed by atoms with Gasteiger partial charge in [0, 0.05) is 59.7 Å². The Morgan fingerprint density at radius 3 is 2.69 bits per heavy atom. The van der Waals surface area contributed by atoms with Crippen LogP contribution in [0.1, 0.15) is 31.2 Å². The molecule has 1 aromatic heterocycles. The van der Waals surface area contributed by atoms with Gasteiger partial charge in [0.2, 0.25) is 0 Å². The van der Waals surface area contributed by atoms with E-state index in [-0.39, 0.29) is 24.0 Å². The summed E-state index contributed by atoms with van der Waals surface area (Å²) in [6, 6.07) is 0. The SMILES string of the molecule is CN=C(NCCCn1cc(C)cn1)N1CCC(OCCCOC)CC1.I. The van der Waals surface area contributed by atoms with Crippen LogP contribution in [0.5, 0.6) is 0 Å². The molecule has 0 aromatic carbocycles. The van der Waals surface area contributed by atoms with Crippen molar-refractivity contribution in [3.8, 4) is 0 Å². The van der Waals surface area contributed by atoms with E-state index < -0.39 is 0 Å². The van der Waals surface area contributed by atoms with Gasteiger partial charge in [-0.2, -0.15) is 5.10 Å². The van der Waals surface area contributed by atoms with Crippen LogP contribution < -0.4 is 5.32 Å². The zero-order valence-electron chi connectivity index (χ0n) is 16.3. The predicted molar refractivity (Wildman–Crippen MR) is 115 cm³/mol. The molecule has 1 aliphatic heterocycles. The number of aromatic nitrogens is 2. The first kappa shape index (κ1) is 23.2. The second kappa shape index (κ2) is 13.3. The summed E-state index contributed by atoms with van der Waals surface area (Å²) < 4.78 is 13.0. The Morgan fingerprint density at radius 1 is 1.31 bits per heavy atom. The summed E-state index contributed by atoms with van der Waals surface area (Å²) in [4.78, 5) is 6.75. The molecule has 7 nitrogen and oxygen atoms in total. The fourth-order valence-corrected chi connectivity index (χ4v) is 3.05. The third-order valence-electron chi connectivity index (χ3n) is 4.41. The van der Waals surface area contributed by atoms with Crippen molar-refractivity contribution in [3.05, 3.63) is 18.0 Å². The predicted octanol–water partition coefficient (Wildman–Crippen LogP) is 2.29. The molecule has 0 aliphatic carbocycles. The summed E-state index contributed by atoms with van der Waals surface area (Å²) in [7, 11) is 3.58. The number of rotatable bonds is 9. The van der Waals surface area contributed by atoms with Gasteiger partial charge >= 0.3 is 0 Å². The quantitative estimate of drug-likeness (QED) is 0.255. The highest BCUT2D eigenvalue weighted by Gasteiger charge is 2.21. The van der Waals surface area contributed by atoms with E-state index >= 15 is 0 Å². The van der Waals surface area contributed by atoms with Crippen LogP contribution in [0.2, 0.25) is 0 Å². The number of aliphatic imine (C=N–C) groups is 1. The van der Waals surface area contributed by atoms with Crippen molar-refractivity contribution in [2.24, 2.45) is 4.99 Å². The second-order valence-corrected chi connectivity index (χ2v) is 6.51. The van der Waals surface area contributed by atoms with Gasteiger partial charge in [0.1, 0.15) is 0 Å². The maximum absolute atomic E-state index is 5.92. The van der Waals surface area contributed by atoms with Crippen LogP contribution >= 0.6 is 24.0 Å². The van der Waals surface area contributed by atoms with Crippen molar-refractivity contribution in [3.63, 3.8) is 0 Å². The Labute approximate surface area is 174 Å². The number of hydrogen-bond acceptors (Lipinski definition) is 4. The Kier molecular flexibility index (Phi) is 11.9. The lowest BCUT2D eigenvalue weighted by Gasteiger charge is -2.34. The van der Waals surface area contributed by atoms with Crippen molar-refractivity contribution in [2.75, 3.05) is 47.0 Å². The molecule has 0 unspecified atom stereocenters. The van der Waals surface area contributed by atoms with E-state index in [9.17, 15) is 0 Å². The zero-order valence-corrected chi connectivity index (χ0v) is 18.6. The number of methoxy groups -OCH3 is 1. The Bertz CT molecular complexity index is 515. The van der Waals surface area contributed by atoms with Crippen molar-refractivity contribution in [2.45, 2.75) is 45.3 Å². The minimum Gasteiger partial charge on any atom is -0.385 e. The normalized spacial score (nSPS) is 15.8. The molecule has 1 aromatic rings. The minimum absolute atomic E-state index is 0. The molecule has 0 spiro atoms. The lowest BCUT2D eigenvalue weighted by molar-refractivity contribution is 0.00991. The third kappa shape index (κ3) is 8.22. The number of nitrogens with one attached hydrogen (secondary N) is 1. The van der Waals surface area contributed by atoms with Crippen LogP contribution in [-0.4, -0.2) is 73.7 Å². The van der Waals surface area contributed by atoms with Crippen molar-refractivity contribution >= 4 is 29.9 Å². The van der Waals surface area contributed by atoms with Gasteiger partial charge < -0.3 is 19.7 Å². The zero-order chi connectivity index (χ0) is 17.9. The number of ether oxygens (including phenoxy) is 2. The monoisotopic (exact) mass is 479 g/mol. The number of nitrogens with zero attached hydrogens (tertiary/aromatic N) is 4. The van der Waals surface area contributed by atoms with Crippen LogP contribution in [0, 0.1) is 6.92 Å². The van der Waals surface area contributed by atoms with E-state index in [4.69, 9.17) is 9.47 Å². The van der Waals surface area contributed by atoms with Gasteiger partial charge in [-0.05, 0) is 38.2 Å². The molecule has 2 heterocycles. The number of hydrogen-bond donors (Lipinski definition) is 1. The summed E-state index contributed by atoms with van der Waals surface area (Å²) in [6.45, 7) is 7.44. The number of guanidine groups is 1. The second-order valence-electron chi connectivity index (χ2n) is 6.51. The van der Waals surface area contributed by atoms with Gasteiger partial charge in [-0.15, -0.1) is 24.0 Å². The van der Waals surface area contributed by atoms with Gasteiger partial charge in [0.15, 0.2) is 5.96 Å². The molecule has 1 saturated heterocycles. The molecule has 1 fully saturated rings. The van der Waals surface area contributed by atoms with E-state index in [0.29, 0.717) is 6.10 Å². The van der Waals surface area contributed by atoms with E-state index in [1.165, 1.54) is 5.56 Å². The fourth-order valence-electron chi connectivity index (χ4n) is 3.05. The van der Waals surface area contributed by atoms with Crippen molar-refractivity contribution in [1.29, 1.82) is 0 Å². The van der Waals surface area contributed by atoms with E-state index in [1.807, 2.05) is 17.9 Å². The molecular formula is C18H34IN5O2. The van der Waals surface area contributed by atoms with Gasteiger partial charge in [-0.25, -0.2) is 0 Å². The molecule has 8 heteroatoms. The smallest absolute Gasteiger partial charge is 0.193 e. The standard InChI is InChI=1S/C18H33N5O2.HI/c1-16-14-21-23(15-16)9-4-8-20-18(19-2)22-10-6-17(7-11-22)25-13-5-12-24-3;/h14-15,17H,4-13H2,1-3H3,(H,19,20);1H. The van der Waals surface area contributed by atoms with Gasteiger partial charge in [0.25, 0.3) is 0 Å². The average Bonchev–Trinajstić information content (AvgIpc) is 3.05. The Balaban J connectivity index is 0.00000338. The molecule has 0 radical (unpaired) electrons. The van der Waals surface area contributed by atoms with Crippen LogP contribution in [0.4, 0.5) is 0 Å². The topological polar surface area (TPSA) is 63.9 Å². The van der Waals surface area contributed by atoms with Crippen LogP contribution in [0.25, 0.3) is 0 Å². The Morgan fingerprint density at radius 2 is 2.08 bits per heavy atom. The summed E-state index contributed by atoms with van der Waals surface area (Å²) in [6.07, 6.45) is 8.45. The molecule has 0 amide bonds. The molecule has 1 N–H and O–H groups in total. The molecule has 0 bridgehead atoms. The van der Waals surface area contributed by atoms with Crippen molar-refractivity contribution < 1.29 is 9.47 Å². The first-order valence-electron chi connectivity index (χ1n) is 9.28. The lowest BCUT2D eigenvalue weighted by Crippen LogP contribution is -2.47. The van der Waals surface area contributed by atoms with Crippen molar-refractivity contribution in [1.82, 2.24) is 20.0 Å². The highest BCUT2D eigenvalue weighted by atomic mass is 127. The fraction of sp³-hybridized carbons (Fsp3) is 0.778. The van der Waals surface area contributed by atoms with Crippen LogP contribution in [0.3, 0.4) is 0 Å². The number of piperidine rings is 1. The largest absolute Gasteiger partial charge is 0.385 e. The molecule has 0 saturated carbocycles. The van der Waals surface area contributed by atoms with Gasteiger partial charge in [-0.3, -0.25) is 9.67 Å². The van der Waals surface area contributed by atoms with E-state index in [2.05, 4.69) is 33.4 Å². The van der Waals surface area contributed by atoms with Gasteiger partial charge in [-0.1, -0.05) is 0 Å². The minimum atomic E-state index is 0. The van der Waals surface area contributed by atoms with E-state index in [0.717, 1.165) is 71.0 Å². The summed E-state index contributed by atoms with van der Waals surface area (Å²) >= 11 is 0. The van der Waals surface area contributed by atoms with Gasteiger partial charge in [0.05, 0.1) is 12.3 Å². The molecule has 0 atom stereocenters. The first-order valence-corrected chi connectivity index (χ1v) is 9.28. The maximum Gasteiger partial charge on any atom is 0.193 e. The lowest BCUT2D eigenvalue weighted by atomic mass is 10.1. The molecule has 150 valence electrons. The van der Waals surface area contributed by atoms with Crippen LogP contribution in [-0.2, 0) is 16.0 Å². The number of likely N-dealkylation sites (tertiary alicyclic amines) is 1. The average molecular weight is 479 g/mol. The highest BCUT2D eigenvalue weighted by molar-refractivity contribution is 14.0. The third-order valence-corrected chi connectivity index (χ3v) is 4.41.